The molecule has 0 unspecified atom stereocenters. The predicted molar refractivity (Wildman–Crippen MR) is 77.7 cm³/mol. The molecule has 1 aromatic carbocycles. The number of benzene rings is 1. The third-order valence-corrected chi connectivity index (χ3v) is 4.68. The van der Waals surface area contributed by atoms with Crippen LogP contribution in [0, 0.1) is 11.3 Å². The molecule has 0 amide bonds. The minimum atomic E-state index is -3.48. The van der Waals surface area contributed by atoms with Crippen molar-refractivity contribution in [2.45, 2.75) is 25.5 Å². The highest BCUT2D eigenvalue weighted by atomic mass is 32.2. The fourth-order valence-corrected chi connectivity index (χ4v) is 3.24. The molecular formula is C14H20N2O3S. The molecule has 0 aliphatic heterocycles. The quantitative estimate of drug-likeness (QED) is 0.689. The Bertz CT molecular complexity index is 564. The highest BCUT2D eigenvalue weighted by molar-refractivity contribution is 7.88. The normalized spacial score (nSPS) is 11.3. The molecule has 0 aliphatic rings. The van der Waals surface area contributed by atoms with E-state index in [4.69, 9.17) is 10.00 Å². The first kappa shape index (κ1) is 16.5. The molecule has 0 saturated carbocycles. The van der Waals surface area contributed by atoms with Crippen LogP contribution >= 0.6 is 0 Å². The lowest BCUT2D eigenvalue weighted by atomic mass is 10.2. The number of ether oxygens (including phenoxy) is 1. The van der Waals surface area contributed by atoms with E-state index in [1.54, 1.807) is 24.3 Å². The van der Waals surface area contributed by atoms with Crippen LogP contribution in [0.15, 0.2) is 24.3 Å². The molecule has 1 rings (SSSR count). The van der Waals surface area contributed by atoms with Crippen molar-refractivity contribution in [3.8, 4) is 11.8 Å². The van der Waals surface area contributed by atoms with Gasteiger partial charge in [0, 0.05) is 6.54 Å². The number of nitriles is 1. The molecule has 0 saturated heterocycles. The summed E-state index contributed by atoms with van der Waals surface area (Å²) in [6, 6.07) is 8.87. The highest BCUT2D eigenvalue weighted by Gasteiger charge is 2.21. The fourth-order valence-electron chi connectivity index (χ4n) is 1.79. The van der Waals surface area contributed by atoms with Crippen LogP contribution in [0.25, 0.3) is 0 Å². The van der Waals surface area contributed by atoms with Gasteiger partial charge in [0.1, 0.15) is 12.3 Å². The van der Waals surface area contributed by atoms with E-state index in [0.717, 1.165) is 12.8 Å². The zero-order valence-electron chi connectivity index (χ0n) is 11.9. The van der Waals surface area contributed by atoms with E-state index in [9.17, 15) is 8.42 Å². The van der Waals surface area contributed by atoms with E-state index in [-0.39, 0.29) is 12.3 Å². The van der Waals surface area contributed by atoms with Gasteiger partial charge >= 0.3 is 0 Å². The Balaban J connectivity index is 2.87. The first-order chi connectivity index (χ1) is 9.53. The highest BCUT2D eigenvalue weighted by Crippen LogP contribution is 2.17. The monoisotopic (exact) mass is 296 g/mol. The summed E-state index contributed by atoms with van der Waals surface area (Å²) in [5, 5.41) is 8.77. The summed E-state index contributed by atoms with van der Waals surface area (Å²) in [5.41, 5.74) is 0.656. The van der Waals surface area contributed by atoms with Crippen LogP contribution in [0.4, 0.5) is 0 Å². The summed E-state index contributed by atoms with van der Waals surface area (Å²) in [6.07, 6.45) is 1.63. The molecule has 0 N–H and O–H groups in total. The summed E-state index contributed by atoms with van der Waals surface area (Å²) < 4.78 is 31.0. The molecule has 0 aliphatic carbocycles. The smallest absolute Gasteiger partial charge is 0.219 e. The van der Waals surface area contributed by atoms with Gasteiger partial charge in [-0.3, -0.25) is 0 Å². The number of hydrogen-bond acceptors (Lipinski definition) is 4. The summed E-state index contributed by atoms with van der Waals surface area (Å²) in [6.45, 7) is 2.27. The molecule has 0 aromatic heterocycles. The van der Waals surface area contributed by atoms with Crippen molar-refractivity contribution in [2.24, 2.45) is 0 Å². The number of hydrogen-bond donors (Lipinski definition) is 0. The van der Waals surface area contributed by atoms with Gasteiger partial charge in [0.05, 0.1) is 18.9 Å². The average Bonchev–Trinajstić information content (AvgIpc) is 2.43. The van der Waals surface area contributed by atoms with E-state index < -0.39 is 10.0 Å². The molecule has 20 heavy (non-hydrogen) atoms. The first-order valence-corrected chi connectivity index (χ1v) is 8.12. The third kappa shape index (κ3) is 4.83. The number of sulfonamides is 1. The van der Waals surface area contributed by atoms with Crippen molar-refractivity contribution in [1.29, 1.82) is 5.26 Å². The average molecular weight is 296 g/mol. The van der Waals surface area contributed by atoms with E-state index in [2.05, 4.69) is 0 Å². The molecular weight excluding hydrogens is 276 g/mol. The maximum absolute atomic E-state index is 12.3. The van der Waals surface area contributed by atoms with Gasteiger partial charge in [-0.05, 0) is 24.1 Å². The van der Waals surface area contributed by atoms with Crippen molar-refractivity contribution in [2.75, 3.05) is 20.2 Å². The van der Waals surface area contributed by atoms with Crippen molar-refractivity contribution in [1.82, 2.24) is 4.31 Å². The second-order valence-electron chi connectivity index (χ2n) is 4.45. The lowest BCUT2D eigenvalue weighted by Crippen LogP contribution is -2.33. The molecule has 0 heterocycles. The largest absolute Gasteiger partial charge is 0.497 e. The Labute approximate surface area is 120 Å². The maximum Gasteiger partial charge on any atom is 0.219 e. The van der Waals surface area contributed by atoms with Crippen LogP contribution < -0.4 is 4.74 Å². The van der Waals surface area contributed by atoms with Gasteiger partial charge in [-0.2, -0.15) is 9.57 Å². The van der Waals surface area contributed by atoms with E-state index in [0.29, 0.717) is 17.9 Å². The standard InChI is InChI=1S/C14H20N2O3S/c1-3-4-9-16(10-8-15)20(17,18)12-13-6-5-7-14(11-13)19-2/h5-7,11H,3-4,9-10,12H2,1-2H3. The molecule has 1 aromatic rings. The minimum Gasteiger partial charge on any atom is -0.497 e. The Morgan fingerprint density at radius 2 is 2.15 bits per heavy atom. The first-order valence-electron chi connectivity index (χ1n) is 6.51. The van der Waals surface area contributed by atoms with Gasteiger partial charge in [0.2, 0.25) is 10.0 Å². The molecule has 5 nitrogen and oxygen atoms in total. The van der Waals surface area contributed by atoms with Crippen molar-refractivity contribution in [3.63, 3.8) is 0 Å². The van der Waals surface area contributed by atoms with Crippen LogP contribution in [-0.4, -0.2) is 32.9 Å². The molecule has 6 heteroatoms. The topological polar surface area (TPSA) is 70.4 Å². The van der Waals surface area contributed by atoms with Gasteiger partial charge in [-0.25, -0.2) is 8.42 Å². The van der Waals surface area contributed by atoms with E-state index >= 15 is 0 Å². The molecule has 110 valence electrons. The Morgan fingerprint density at radius 3 is 2.75 bits per heavy atom. The minimum absolute atomic E-state index is 0.105. The Morgan fingerprint density at radius 1 is 1.40 bits per heavy atom. The summed E-state index contributed by atoms with van der Waals surface area (Å²) in [7, 11) is -1.94. The molecule has 0 atom stereocenters. The molecule has 0 bridgehead atoms. The van der Waals surface area contributed by atoms with Gasteiger partial charge in [-0.15, -0.1) is 0 Å². The SMILES string of the molecule is CCCCN(CC#N)S(=O)(=O)Cc1cccc(OC)c1. The summed E-state index contributed by atoms with van der Waals surface area (Å²) >= 11 is 0. The fraction of sp³-hybridized carbons (Fsp3) is 0.500. The second-order valence-corrected chi connectivity index (χ2v) is 6.42. The van der Waals surface area contributed by atoms with E-state index in [1.165, 1.54) is 11.4 Å². The summed E-state index contributed by atoms with van der Waals surface area (Å²) in [4.78, 5) is 0. The zero-order valence-corrected chi connectivity index (χ0v) is 12.7. The van der Waals surface area contributed by atoms with Gasteiger partial charge < -0.3 is 4.74 Å². The van der Waals surface area contributed by atoms with Gasteiger partial charge in [0.15, 0.2) is 0 Å². The van der Waals surface area contributed by atoms with Crippen molar-refractivity contribution < 1.29 is 13.2 Å². The number of unbranched alkanes of at least 4 members (excludes halogenated alkanes) is 1. The van der Waals surface area contributed by atoms with Crippen LogP contribution in [0.2, 0.25) is 0 Å². The second kappa shape index (κ2) is 7.88. The van der Waals surface area contributed by atoms with Crippen LogP contribution in [0.1, 0.15) is 25.3 Å². The number of rotatable bonds is 8. The molecule has 0 spiro atoms. The summed E-state index contributed by atoms with van der Waals surface area (Å²) in [5.74, 6) is 0.508. The lowest BCUT2D eigenvalue weighted by Gasteiger charge is -2.19. The molecule has 0 fully saturated rings. The van der Waals surface area contributed by atoms with Crippen LogP contribution in [-0.2, 0) is 15.8 Å². The van der Waals surface area contributed by atoms with Gasteiger partial charge in [0.25, 0.3) is 0 Å². The zero-order chi connectivity index (χ0) is 15.0. The number of nitrogens with zero attached hydrogens (tertiary/aromatic N) is 2. The van der Waals surface area contributed by atoms with Gasteiger partial charge in [-0.1, -0.05) is 25.5 Å². The Kier molecular flexibility index (Phi) is 6.49. The van der Waals surface area contributed by atoms with Crippen LogP contribution in [0.5, 0.6) is 5.75 Å². The number of methoxy groups -OCH3 is 1. The van der Waals surface area contributed by atoms with Crippen molar-refractivity contribution in [3.05, 3.63) is 29.8 Å². The predicted octanol–water partition coefficient (Wildman–Crippen LogP) is 2.15. The third-order valence-electron chi connectivity index (χ3n) is 2.88. The Hall–Kier alpha value is -1.58. The molecule has 0 radical (unpaired) electrons. The van der Waals surface area contributed by atoms with Crippen molar-refractivity contribution >= 4 is 10.0 Å². The maximum atomic E-state index is 12.3. The lowest BCUT2D eigenvalue weighted by molar-refractivity contribution is 0.414. The van der Waals surface area contributed by atoms with Crippen LogP contribution in [0.3, 0.4) is 0 Å². The van der Waals surface area contributed by atoms with E-state index in [1.807, 2.05) is 13.0 Å².